The van der Waals surface area contributed by atoms with Gasteiger partial charge in [-0.3, -0.25) is 4.79 Å². The number of hydrogen-bond acceptors (Lipinski definition) is 4. The standard InChI is InChI=1S/C19H19FN4O3S/c20-14-6-8-16(9-7-14)28(26,27)24-11-3-4-17(24)19(25)21-12-15-13-23-10-2-1-5-18(23)22-15/h1-2,5-10,13,17H,3-4,11-12H2,(H,21,25)/t17-/m0/s1. The summed E-state index contributed by atoms with van der Waals surface area (Å²) in [4.78, 5) is 17.1. The van der Waals surface area contributed by atoms with Crippen molar-refractivity contribution in [3.05, 3.63) is 66.4 Å². The van der Waals surface area contributed by atoms with Gasteiger partial charge in [-0.05, 0) is 49.2 Å². The molecule has 1 aliphatic heterocycles. The molecule has 28 heavy (non-hydrogen) atoms. The molecule has 0 spiro atoms. The Morgan fingerprint density at radius 1 is 1.21 bits per heavy atom. The fourth-order valence-electron chi connectivity index (χ4n) is 3.40. The van der Waals surface area contributed by atoms with Crippen LogP contribution in [-0.2, 0) is 21.4 Å². The van der Waals surface area contributed by atoms with Gasteiger partial charge in [0.1, 0.15) is 17.5 Å². The van der Waals surface area contributed by atoms with Gasteiger partial charge >= 0.3 is 0 Å². The summed E-state index contributed by atoms with van der Waals surface area (Å²) in [5.41, 5.74) is 1.46. The zero-order chi connectivity index (χ0) is 19.7. The molecule has 1 N–H and O–H groups in total. The molecule has 4 rings (SSSR count). The predicted molar refractivity (Wildman–Crippen MR) is 100 cm³/mol. The Balaban J connectivity index is 1.47. The van der Waals surface area contributed by atoms with E-state index in [4.69, 9.17) is 0 Å². The highest BCUT2D eigenvalue weighted by molar-refractivity contribution is 7.89. The Morgan fingerprint density at radius 2 is 2.00 bits per heavy atom. The fourth-order valence-corrected chi connectivity index (χ4v) is 5.06. The van der Waals surface area contributed by atoms with Gasteiger partial charge in [0.25, 0.3) is 0 Å². The topological polar surface area (TPSA) is 83.8 Å². The number of sulfonamides is 1. The second-order valence-electron chi connectivity index (χ2n) is 6.64. The molecule has 3 heterocycles. The van der Waals surface area contributed by atoms with E-state index >= 15 is 0 Å². The summed E-state index contributed by atoms with van der Waals surface area (Å²) < 4.78 is 41.9. The van der Waals surface area contributed by atoms with Gasteiger partial charge in [0.15, 0.2) is 0 Å². The van der Waals surface area contributed by atoms with E-state index in [1.807, 2.05) is 35.0 Å². The van der Waals surface area contributed by atoms with Gasteiger partial charge in [-0.15, -0.1) is 0 Å². The lowest BCUT2D eigenvalue weighted by Gasteiger charge is -2.23. The molecule has 146 valence electrons. The van der Waals surface area contributed by atoms with Crippen LogP contribution in [0.5, 0.6) is 0 Å². The molecular weight excluding hydrogens is 383 g/mol. The first-order chi connectivity index (χ1) is 13.4. The van der Waals surface area contributed by atoms with Crippen LogP contribution < -0.4 is 5.32 Å². The lowest BCUT2D eigenvalue weighted by Crippen LogP contribution is -2.45. The summed E-state index contributed by atoms with van der Waals surface area (Å²) >= 11 is 0. The second-order valence-corrected chi connectivity index (χ2v) is 8.53. The van der Waals surface area contributed by atoms with E-state index in [9.17, 15) is 17.6 Å². The van der Waals surface area contributed by atoms with Crippen LogP contribution in [0.2, 0.25) is 0 Å². The number of nitrogens with one attached hydrogen (secondary N) is 1. The zero-order valence-corrected chi connectivity index (χ0v) is 15.8. The van der Waals surface area contributed by atoms with Gasteiger partial charge in [-0.1, -0.05) is 6.07 Å². The normalized spacial score (nSPS) is 17.8. The summed E-state index contributed by atoms with van der Waals surface area (Å²) in [6, 6.07) is 9.47. The number of nitrogens with zero attached hydrogens (tertiary/aromatic N) is 3. The Bertz CT molecular complexity index is 1080. The molecule has 1 fully saturated rings. The van der Waals surface area contributed by atoms with Crippen LogP contribution in [0.15, 0.2) is 59.8 Å². The third-order valence-corrected chi connectivity index (χ3v) is 6.71. The molecule has 7 nitrogen and oxygen atoms in total. The van der Waals surface area contributed by atoms with Crippen molar-refractivity contribution in [1.82, 2.24) is 19.0 Å². The first-order valence-corrected chi connectivity index (χ1v) is 10.4. The van der Waals surface area contributed by atoms with Gasteiger partial charge in [0, 0.05) is 18.9 Å². The molecular formula is C19H19FN4O3S. The third-order valence-electron chi connectivity index (χ3n) is 4.78. The van der Waals surface area contributed by atoms with Gasteiger partial charge in [0.2, 0.25) is 15.9 Å². The number of hydrogen-bond donors (Lipinski definition) is 1. The highest BCUT2D eigenvalue weighted by Gasteiger charge is 2.39. The molecule has 1 saturated heterocycles. The van der Waals surface area contributed by atoms with E-state index in [0.29, 0.717) is 18.5 Å². The van der Waals surface area contributed by atoms with E-state index in [1.165, 1.54) is 16.4 Å². The Morgan fingerprint density at radius 3 is 2.75 bits per heavy atom. The first kappa shape index (κ1) is 18.6. The maximum Gasteiger partial charge on any atom is 0.243 e. The third kappa shape index (κ3) is 3.50. The van der Waals surface area contributed by atoms with Crippen molar-refractivity contribution in [2.45, 2.75) is 30.3 Å². The zero-order valence-electron chi connectivity index (χ0n) is 15.0. The fraction of sp³-hybridized carbons (Fsp3) is 0.263. The van der Waals surface area contributed by atoms with E-state index < -0.39 is 21.9 Å². The highest BCUT2D eigenvalue weighted by atomic mass is 32.2. The Labute approximate surface area is 161 Å². The van der Waals surface area contributed by atoms with E-state index in [2.05, 4.69) is 10.3 Å². The quantitative estimate of drug-likeness (QED) is 0.707. The van der Waals surface area contributed by atoms with Crippen LogP contribution in [0.25, 0.3) is 5.65 Å². The van der Waals surface area contributed by atoms with Crippen LogP contribution in [-0.4, -0.2) is 40.6 Å². The maximum absolute atomic E-state index is 13.1. The van der Waals surface area contributed by atoms with Crippen molar-refractivity contribution in [1.29, 1.82) is 0 Å². The van der Waals surface area contributed by atoms with Gasteiger partial charge in [-0.2, -0.15) is 4.31 Å². The molecule has 2 aromatic heterocycles. The first-order valence-electron chi connectivity index (χ1n) is 8.93. The summed E-state index contributed by atoms with van der Waals surface area (Å²) in [6.07, 6.45) is 4.71. The average molecular weight is 402 g/mol. The lowest BCUT2D eigenvalue weighted by molar-refractivity contribution is -0.124. The molecule has 0 bridgehead atoms. The number of aromatic nitrogens is 2. The van der Waals surface area contributed by atoms with Crippen LogP contribution >= 0.6 is 0 Å². The van der Waals surface area contributed by atoms with Crippen molar-refractivity contribution < 1.29 is 17.6 Å². The van der Waals surface area contributed by atoms with Crippen molar-refractivity contribution in [3.8, 4) is 0 Å². The minimum Gasteiger partial charge on any atom is -0.349 e. The summed E-state index contributed by atoms with van der Waals surface area (Å²) in [6.45, 7) is 0.466. The molecule has 1 aromatic carbocycles. The predicted octanol–water partition coefficient (Wildman–Crippen LogP) is 1.94. The van der Waals surface area contributed by atoms with Crippen LogP contribution in [0, 0.1) is 5.82 Å². The molecule has 1 amide bonds. The van der Waals surface area contributed by atoms with E-state index in [-0.39, 0.29) is 23.9 Å². The van der Waals surface area contributed by atoms with Crippen molar-refractivity contribution in [2.75, 3.05) is 6.54 Å². The Kier molecular flexibility index (Phi) is 4.86. The number of carbonyl (C=O) groups is 1. The van der Waals surface area contributed by atoms with Gasteiger partial charge in [-0.25, -0.2) is 17.8 Å². The summed E-state index contributed by atoms with van der Waals surface area (Å²) in [5, 5.41) is 2.78. The van der Waals surface area contributed by atoms with Crippen LogP contribution in [0.3, 0.4) is 0 Å². The van der Waals surface area contributed by atoms with Crippen LogP contribution in [0.4, 0.5) is 4.39 Å². The SMILES string of the molecule is O=C(NCc1cn2ccccc2n1)[C@@H]1CCCN1S(=O)(=O)c1ccc(F)cc1. The molecule has 1 atom stereocenters. The van der Waals surface area contributed by atoms with Gasteiger partial charge in [0.05, 0.1) is 17.1 Å². The molecule has 0 aliphatic carbocycles. The van der Waals surface area contributed by atoms with E-state index in [0.717, 1.165) is 17.8 Å². The number of halogens is 1. The Hall–Kier alpha value is -2.78. The molecule has 0 saturated carbocycles. The molecule has 1 aliphatic rings. The number of imidazole rings is 1. The largest absolute Gasteiger partial charge is 0.349 e. The summed E-state index contributed by atoms with van der Waals surface area (Å²) in [7, 11) is -3.87. The molecule has 9 heteroatoms. The highest BCUT2D eigenvalue weighted by Crippen LogP contribution is 2.26. The monoisotopic (exact) mass is 402 g/mol. The number of fused-ring (bicyclic) bond motifs is 1. The molecule has 0 unspecified atom stereocenters. The minimum atomic E-state index is -3.87. The number of amides is 1. The van der Waals surface area contributed by atoms with E-state index in [1.54, 1.807) is 0 Å². The maximum atomic E-state index is 13.1. The van der Waals surface area contributed by atoms with Crippen LogP contribution in [0.1, 0.15) is 18.5 Å². The molecule has 0 radical (unpaired) electrons. The second kappa shape index (κ2) is 7.33. The minimum absolute atomic E-state index is 0.0195. The number of rotatable bonds is 5. The molecule has 3 aromatic rings. The average Bonchev–Trinajstić information content (AvgIpc) is 3.33. The number of benzene rings is 1. The van der Waals surface area contributed by atoms with Gasteiger partial charge < -0.3 is 9.72 Å². The lowest BCUT2D eigenvalue weighted by atomic mass is 10.2. The van der Waals surface area contributed by atoms with Crippen molar-refractivity contribution in [2.24, 2.45) is 0 Å². The number of carbonyl (C=O) groups excluding carboxylic acids is 1. The van der Waals surface area contributed by atoms with Crippen molar-refractivity contribution in [3.63, 3.8) is 0 Å². The number of pyridine rings is 1. The van der Waals surface area contributed by atoms with Crippen molar-refractivity contribution >= 4 is 21.6 Å². The smallest absolute Gasteiger partial charge is 0.243 e. The summed E-state index contributed by atoms with van der Waals surface area (Å²) in [5.74, 6) is -0.873.